The molecule has 2 heterocycles. The maximum Gasteiger partial charge on any atom is 0.252 e. The van der Waals surface area contributed by atoms with E-state index in [1.807, 2.05) is 51.1 Å². The van der Waals surface area contributed by atoms with E-state index in [1.54, 1.807) is 12.1 Å². The van der Waals surface area contributed by atoms with E-state index in [2.05, 4.69) is 22.5 Å². The molecule has 3 atom stereocenters. The fraction of sp³-hybridized carbons (Fsp3) is 0.462. The van der Waals surface area contributed by atoms with E-state index in [-0.39, 0.29) is 29.2 Å². The van der Waals surface area contributed by atoms with Crippen molar-refractivity contribution < 1.29 is 14.0 Å². The van der Waals surface area contributed by atoms with Gasteiger partial charge in [0.1, 0.15) is 5.82 Å². The molecule has 2 aromatic carbocycles. The number of nitrogens with zero attached hydrogens (tertiary/aromatic N) is 1. The standard InChI is InChI=1S/C26H32FN3O2/c1-17(13-18-9-6-8-12-22(18)27)30-15-21(24(32)28-25(2,3)4)26(16-30)14-19-10-5-7-11-20(19)23(31)29-26/h5-12,17,21H,13-16H2,1-4H3,(H,28,32)(H,29,31)/t17-,21+,26-/m1/s1. The summed E-state index contributed by atoms with van der Waals surface area (Å²) in [6, 6.07) is 14.4. The molecular formula is C26H32FN3O2. The number of amides is 2. The van der Waals surface area contributed by atoms with Crippen molar-refractivity contribution in [3.8, 4) is 0 Å². The maximum absolute atomic E-state index is 14.3. The summed E-state index contributed by atoms with van der Waals surface area (Å²) in [5.41, 5.74) is 1.24. The number of likely N-dealkylation sites (tertiary alicyclic amines) is 1. The minimum Gasteiger partial charge on any atom is -0.351 e. The molecule has 0 bridgehead atoms. The summed E-state index contributed by atoms with van der Waals surface area (Å²) < 4.78 is 14.3. The molecule has 170 valence electrons. The summed E-state index contributed by atoms with van der Waals surface area (Å²) in [6.45, 7) is 8.99. The van der Waals surface area contributed by atoms with Crippen LogP contribution in [0.15, 0.2) is 48.5 Å². The van der Waals surface area contributed by atoms with Gasteiger partial charge in [0.2, 0.25) is 5.91 Å². The van der Waals surface area contributed by atoms with Gasteiger partial charge in [0.25, 0.3) is 5.91 Å². The van der Waals surface area contributed by atoms with Gasteiger partial charge in [-0.05, 0) is 63.8 Å². The highest BCUT2D eigenvalue weighted by atomic mass is 19.1. The molecule has 2 amide bonds. The van der Waals surface area contributed by atoms with Crippen molar-refractivity contribution in [3.63, 3.8) is 0 Å². The van der Waals surface area contributed by atoms with Gasteiger partial charge in [0, 0.05) is 30.2 Å². The Kier molecular flexibility index (Phi) is 5.84. The number of hydrogen-bond acceptors (Lipinski definition) is 3. The molecule has 4 rings (SSSR count). The van der Waals surface area contributed by atoms with E-state index < -0.39 is 11.5 Å². The molecule has 6 heteroatoms. The second kappa shape index (κ2) is 8.32. The average Bonchev–Trinajstić information content (AvgIpc) is 3.07. The zero-order valence-electron chi connectivity index (χ0n) is 19.2. The summed E-state index contributed by atoms with van der Waals surface area (Å²) in [4.78, 5) is 28.6. The van der Waals surface area contributed by atoms with Crippen LogP contribution >= 0.6 is 0 Å². The van der Waals surface area contributed by atoms with E-state index in [0.29, 0.717) is 37.1 Å². The molecule has 0 radical (unpaired) electrons. The lowest BCUT2D eigenvalue weighted by Crippen LogP contribution is -2.62. The van der Waals surface area contributed by atoms with E-state index in [0.717, 1.165) is 5.56 Å². The molecule has 2 aliphatic heterocycles. The lowest BCUT2D eigenvalue weighted by atomic mass is 9.76. The quantitative estimate of drug-likeness (QED) is 0.771. The Bertz CT molecular complexity index is 1030. The lowest BCUT2D eigenvalue weighted by Gasteiger charge is -2.40. The van der Waals surface area contributed by atoms with Crippen molar-refractivity contribution in [1.29, 1.82) is 0 Å². The van der Waals surface area contributed by atoms with E-state index in [1.165, 1.54) is 6.07 Å². The monoisotopic (exact) mass is 437 g/mol. The molecule has 1 saturated heterocycles. The number of nitrogens with one attached hydrogen (secondary N) is 2. The fourth-order valence-corrected chi connectivity index (χ4v) is 5.06. The third-order valence-electron chi connectivity index (χ3n) is 6.61. The van der Waals surface area contributed by atoms with E-state index in [9.17, 15) is 14.0 Å². The summed E-state index contributed by atoms with van der Waals surface area (Å²) in [6.07, 6.45) is 1.14. The number of fused-ring (bicyclic) bond motifs is 1. The second-order valence-electron chi connectivity index (χ2n) is 10.3. The Balaban J connectivity index is 1.63. The van der Waals surface area contributed by atoms with Gasteiger partial charge >= 0.3 is 0 Å². The molecule has 0 aliphatic carbocycles. The van der Waals surface area contributed by atoms with E-state index >= 15 is 0 Å². The summed E-state index contributed by atoms with van der Waals surface area (Å²) >= 11 is 0. The molecule has 5 nitrogen and oxygen atoms in total. The number of carbonyl (C=O) groups excluding carboxylic acids is 2. The molecule has 2 aliphatic rings. The SMILES string of the molecule is C[C@H](Cc1ccccc1F)N1C[C@@H](C(=O)NC(C)(C)C)[C@@]2(Cc3ccccc3C(=O)N2)C1. The first kappa shape index (κ1) is 22.5. The smallest absolute Gasteiger partial charge is 0.252 e. The minimum absolute atomic E-state index is 0.0188. The Morgan fingerprint density at radius 1 is 1.22 bits per heavy atom. The van der Waals surface area contributed by atoms with Crippen LogP contribution < -0.4 is 10.6 Å². The fourth-order valence-electron chi connectivity index (χ4n) is 5.06. The maximum atomic E-state index is 14.3. The molecule has 0 aromatic heterocycles. The molecular weight excluding hydrogens is 405 g/mol. The van der Waals surface area contributed by atoms with E-state index in [4.69, 9.17) is 0 Å². The Morgan fingerprint density at radius 2 is 1.91 bits per heavy atom. The highest BCUT2D eigenvalue weighted by molar-refractivity contribution is 5.98. The number of halogens is 1. The first-order chi connectivity index (χ1) is 15.1. The van der Waals surface area contributed by atoms with Gasteiger partial charge in [-0.2, -0.15) is 0 Å². The van der Waals surface area contributed by atoms with Crippen LogP contribution in [0.1, 0.15) is 49.2 Å². The molecule has 0 unspecified atom stereocenters. The first-order valence-electron chi connectivity index (χ1n) is 11.3. The van der Waals surface area contributed by atoms with Crippen molar-refractivity contribution in [2.24, 2.45) is 5.92 Å². The van der Waals surface area contributed by atoms with Crippen LogP contribution in [-0.2, 0) is 17.6 Å². The Hall–Kier alpha value is -2.73. The predicted octanol–water partition coefficient (Wildman–Crippen LogP) is 3.33. The minimum atomic E-state index is -0.690. The van der Waals surface area contributed by atoms with Gasteiger partial charge in [-0.25, -0.2) is 4.39 Å². The van der Waals surface area contributed by atoms with Crippen LogP contribution in [0.5, 0.6) is 0 Å². The largest absolute Gasteiger partial charge is 0.351 e. The van der Waals surface area contributed by atoms with Crippen molar-refractivity contribution in [2.75, 3.05) is 13.1 Å². The number of carbonyl (C=O) groups is 2. The number of rotatable bonds is 4. The number of hydrogen-bond donors (Lipinski definition) is 2. The summed E-state index contributed by atoms with van der Waals surface area (Å²) in [5, 5.41) is 6.32. The van der Waals surface area contributed by atoms with Gasteiger partial charge in [0.15, 0.2) is 0 Å². The van der Waals surface area contributed by atoms with Crippen molar-refractivity contribution in [1.82, 2.24) is 15.5 Å². The van der Waals surface area contributed by atoms with Gasteiger partial charge in [-0.15, -0.1) is 0 Å². The average molecular weight is 438 g/mol. The summed E-state index contributed by atoms with van der Waals surface area (Å²) in [7, 11) is 0. The van der Waals surface area contributed by atoms with Crippen LogP contribution in [0.25, 0.3) is 0 Å². The Morgan fingerprint density at radius 3 is 2.62 bits per heavy atom. The molecule has 2 aromatic rings. The topological polar surface area (TPSA) is 61.4 Å². The van der Waals surface area contributed by atoms with Crippen LogP contribution in [0.2, 0.25) is 0 Å². The van der Waals surface area contributed by atoms with Gasteiger partial charge in [0.05, 0.1) is 11.5 Å². The van der Waals surface area contributed by atoms with Gasteiger partial charge in [-0.1, -0.05) is 36.4 Å². The zero-order valence-corrected chi connectivity index (χ0v) is 19.2. The van der Waals surface area contributed by atoms with Crippen molar-refractivity contribution in [2.45, 2.75) is 57.7 Å². The highest BCUT2D eigenvalue weighted by Gasteiger charge is 2.54. The zero-order chi connectivity index (χ0) is 23.1. The Labute approximate surface area is 189 Å². The third-order valence-corrected chi connectivity index (χ3v) is 6.61. The van der Waals surface area contributed by atoms with Crippen LogP contribution in [-0.4, -0.2) is 46.9 Å². The normalized spacial score (nSPS) is 24.2. The highest BCUT2D eigenvalue weighted by Crippen LogP contribution is 2.37. The van der Waals surface area contributed by atoms with Crippen molar-refractivity contribution in [3.05, 3.63) is 71.0 Å². The molecule has 1 fully saturated rings. The van der Waals surface area contributed by atoms with Crippen LogP contribution in [0, 0.1) is 11.7 Å². The van der Waals surface area contributed by atoms with Crippen LogP contribution in [0.3, 0.4) is 0 Å². The van der Waals surface area contributed by atoms with Gasteiger partial charge < -0.3 is 10.6 Å². The summed E-state index contributed by atoms with van der Waals surface area (Å²) in [5.74, 6) is -0.806. The number of benzene rings is 2. The first-order valence-corrected chi connectivity index (χ1v) is 11.3. The molecule has 32 heavy (non-hydrogen) atoms. The molecule has 0 saturated carbocycles. The second-order valence-corrected chi connectivity index (χ2v) is 10.3. The molecule has 1 spiro atoms. The van der Waals surface area contributed by atoms with Crippen LogP contribution in [0.4, 0.5) is 4.39 Å². The van der Waals surface area contributed by atoms with Gasteiger partial charge in [-0.3, -0.25) is 14.5 Å². The lowest BCUT2D eigenvalue weighted by molar-refractivity contribution is -0.127. The van der Waals surface area contributed by atoms with Crippen molar-refractivity contribution >= 4 is 11.8 Å². The third kappa shape index (κ3) is 4.42. The molecule has 2 N–H and O–H groups in total. The predicted molar refractivity (Wildman–Crippen MR) is 123 cm³/mol.